The van der Waals surface area contributed by atoms with E-state index in [1.54, 1.807) is 0 Å². The Morgan fingerprint density at radius 3 is 0.571 bits per heavy atom. The van der Waals surface area contributed by atoms with Crippen LogP contribution < -0.4 is 0 Å². The van der Waals surface area contributed by atoms with Gasteiger partial charge >= 0.3 is 17.9 Å². The molecule has 0 saturated heterocycles. The summed E-state index contributed by atoms with van der Waals surface area (Å²) in [7, 11) is 0. The largest absolute Gasteiger partial charge is 0.465 e. The Morgan fingerprint density at radius 1 is 0.271 bits per heavy atom. The average Bonchev–Trinajstić information content (AvgIpc) is 3.35. The van der Waals surface area contributed by atoms with Gasteiger partial charge in [-0.15, -0.1) is 0 Å². The average molecular weight is 1060 g/mol. The van der Waals surface area contributed by atoms with Crippen molar-refractivity contribution in [3.05, 3.63) is 0 Å². The predicted octanol–water partition coefficient (Wildman–Crippen LogP) is 21.8. The Labute approximate surface area is 449 Å². The number of esters is 3. The summed E-state index contributed by atoms with van der Waals surface area (Å²) in [6.07, 6.45) is 58.6. The fraction of sp³-hybridized carbons (Fsp3) is 0.950. The van der Waals surface area contributed by atoms with E-state index in [1.165, 1.54) is 285 Å². The van der Waals surface area contributed by atoms with Gasteiger partial charge in [-0.05, 0) is 40.0 Å². The number of rotatable bonds is 57. The van der Waals surface area contributed by atoms with Crippen LogP contribution >= 0.6 is 39.7 Å². The molecule has 0 aromatic heterocycles. The molecule has 0 N–H and O–H groups in total. The summed E-state index contributed by atoms with van der Waals surface area (Å²) in [4.78, 5) is 39.6. The van der Waals surface area contributed by atoms with Crippen molar-refractivity contribution < 1.29 is 28.6 Å². The highest BCUT2D eigenvalue weighted by molar-refractivity contribution is 9.12. The molecule has 0 bridgehead atoms. The third kappa shape index (κ3) is 50.1. The lowest BCUT2D eigenvalue weighted by Crippen LogP contribution is -2.20. The molecule has 0 fully saturated rings. The molecular formula is C60H117O6PS3. The summed E-state index contributed by atoms with van der Waals surface area (Å²) in [5.74, 6) is -0.637. The van der Waals surface area contributed by atoms with E-state index in [0.717, 1.165) is 38.5 Å². The lowest BCUT2D eigenvalue weighted by Gasteiger charge is -2.23. The van der Waals surface area contributed by atoms with Gasteiger partial charge in [0.2, 0.25) is 0 Å². The van der Waals surface area contributed by atoms with Crippen molar-refractivity contribution in [3.63, 3.8) is 0 Å². The zero-order valence-electron chi connectivity index (χ0n) is 47.3. The minimum Gasteiger partial charge on any atom is -0.465 e. The third-order valence-corrected chi connectivity index (χ3v) is 24.8. The Bertz CT molecular complexity index is 983. The fourth-order valence-electron chi connectivity index (χ4n) is 8.88. The molecule has 0 saturated carbocycles. The molecular weight excluding hydrogens is 944 g/mol. The third-order valence-electron chi connectivity index (χ3n) is 13.7. The van der Waals surface area contributed by atoms with Crippen molar-refractivity contribution >= 4 is 57.6 Å². The Balaban J connectivity index is 4.61. The maximum Gasteiger partial charge on any atom is 0.319 e. The van der Waals surface area contributed by atoms with Gasteiger partial charge in [0.05, 0.1) is 25.3 Å². The summed E-state index contributed by atoms with van der Waals surface area (Å²) >= 11 is 4.60. The highest BCUT2D eigenvalue weighted by Crippen LogP contribution is 2.73. The van der Waals surface area contributed by atoms with E-state index in [2.05, 4.69) is 20.8 Å². The van der Waals surface area contributed by atoms with Gasteiger partial charge in [0.1, 0.15) is 15.7 Å². The summed E-state index contributed by atoms with van der Waals surface area (Å²) in [5.41, 5.74) is -1.05. The molecule has 416 valence electrons. The Morgan fingerprint density at radius 2 is 0.414 bits per heavy atom. The molecule has 0 aliphatic rings. The topological polar surface area (TPSA) is 78.9 Å². The van der Waals surface area contributed by atoms with Gasteiger partial charge in [0.15, 0.2) is 0 Å². The van der Waals surface area contributed by atoms with Crippen molar-refractivity contribution in [3.8, 4) is 0 Å². The summed E-state index contributed by atoms with van der Waals surface area (Å²) in [5, 5.41) is -1.18. The van der Waals surface area contributed by atoms with Gasteiger partial charge in [-0.3, -0.25) is 14.4 Å². The number of carbonyl (C=O) groups excluding carboxylic acids is 3. The molecule has 0 aliphatic carbocycles. The second-order valence-corrected chi connectivity index (χ2v) is 31.3. The van der Waals surface area contributed by atoms with E-state index in [9.17, 15) is 14.4 Å². The Hall–Kier alpha value is -0.110. The first kappa shape index (κ1) is 69.9. The van der Waals surface area contributed by atoms with Crippen molar-refractivity contribution in [1.82, 2.24) is 0 Å². The van der Waals surface area contributed by atoms with Gasteiger partial charge < -0.3 is 14.2 Å². The fourth-order valence-corrected chi connectivity index (χ4v) is 22.1. The van der Waals surface area contributed by atoms with Crippen LogP contribution in [0.4, 0.5) is 0 Å². The molecule has 0 aromatic rings. The van der Waals surface area contributed by atoms with Crippen LogP contribution in [0.3, 0.4) is 0 Å². The lowest BCUT2D eigenvalue weighted by molar-refractivity contribution is -0.143. The minimum absolute atomic E-state index is 0.212. The second-order valence-electron chi connectivity index (χ2n) is 20.8. The number of carbonyl (C=O) groups is 3. The van der Waals surface area contributed by atoms with E-state index in [-0.39, 0.29) is 17.9 Å². The number of hydrogen-bond acceptors (Lipinski definition) is 9. The smallest absolute Gasteiger partial charge is 0.319 e. The lowest BCUT2D eigenvalue weighted by atomic mass is 10.0. The molecule has 70 heavy (non-hydrogen) atoms. The summed E-state index contributed by atoms with van der Waals surface area (Å²) < 4.78 is 17.3. The molecule has 3 atom stereocenters. The number of unbranched alkanes of at least 4 members (excludes halogenated alkanes) is 42. The zero-order chi connectivity index (χ0) is 51.2. The van der Waals surface area contributed by atoms with Gasteiger partial charge in [0.25, 0.3) is 0 Å². The first-order chi connectivity index (χ1) is 34.3. The summed E-state index contributed by atoms with van der Waals surface area (Å²) in [6.45, 7) is 13.9. The molecule has 0 heterocycles. The van der Waals surface area contributed by atoms with Crippen LogP contribution in [0.5, 0.6) is 0 Å². The minimum atomic E-state index is -1.05. The molecule has 0 rings (SSSR count). The van der Waals surface area contributed by atoms with Crippen molar-refractivity contribution in [1.29, 1.82) is 0 Å². The monoisotopic (exact) mass is 1060 g/mol. The van der Waals surface area contributed by atoms with E-state index in [0.29, 0.717) is 19.8 Å². The van der Waals surface area contributed by atoms with Crippen LogP contribution in [-0.4, -0.2) is 53.5 Å². The van der Waals surface area contributed by atoms with Crippen LogP contribution in [-0.2, 0) is 28.6 Å². The first-order valence-electron chi connectivity index (χ1n) is 30.6. The zero-order valence-corrected chi connectivity index (χ0v) is 50.6. The van der Waals surface area contributed by atoms with Crippen LogP contribution in [0.2, 0.25) is 0 Å². The van der Waals surface area contributed by atoms with Gasteiger partial charge in [0, 0.05) is 0 Å². The van der Waals surface area contributed by atoms with E-state index in [4.69, 9.17) is 14.2 Å². The second kappa shape index (κ2) is 56.6. The highest BCUT2D eigenvalue weighted by atomic mass is 33.4. The molecule has 0 amide bonds. The standard InChI is InChI=1S/C60H117O6PS3/c1-7-10-13-16-19-22-25-28-31-34-37-40-43-46-49-52-64-58(61)55(4)68-67(69-56(5)59(62)65-53-50-47-44-41-38-35-32-29-26-23-20-17-14-11-8-2)70-57(6)60(63)66-54-51-48-45-42-39-36-33-30-27-24-21-18-15-12-9-3/h55-57H,7-54H2,1-6H3. The maximum absolute atomic E-state index is 13.2. The molecule has 10 heteroatoms. The van der Waals surface area contributed by atoms with E-state index >= 15 is 0 Å². The van der Waals surface area contributed by atoms with Crippen molar-refractivity contribution in [2.75, 3.05) is 19.8 Å². The summed E-state index contributed by atoms with van der Waals surface area (Å²) in [6, 6.07) is 0. The molecule has 0 aliphatic heterocycles. The number of ether oxygens (including phenoxy) is 3. The maximum atomic E-state index is 13.2. The van der Waals surface area contributed by atoms with Crippen LogP contribution in [0.1, 0.15) is 330 Å². The van der Waals surface area contributed by atoms with Crippen LogP contribution in [0, 0.1) is 0 Å². The predicted molar refractivity (Wildman–Crippen MR) is 316 cm³/mol. The van der Waals surface area contributed by atoms with Gasteiger partial charge in [-0.2, -0.15) is 0 Å². The molecule has 3 unspecified atom stereocenters. The van der Waals surface area contributed by atoms with Gasteiger partial charge in [-0.25, -0.2) is 0 Å². The van der Waals surface area contributed by atoms with Crippen molar-refractivity contribution in [2.24, 2.45) is 0 Å². The highest BCUT2D eigenvalue weighted by Gasteiger charge is 2.30. The molecule has 0 spiro atoms. The first-order valence-corrected chi connectivity index (χ1v) is 36.4. The van der Waals surface area contributed by atoms with Crippen molar-refractivity contribution in [2.45, 2.75) is 346 Å². The van der Waals surface area contributed by atoms with Gasteiger partial charge in [-0.1, -0.05) is 325 Å². The van der Waals surface area contributed by atoms with E-state index in [1.807, 2.05) is 20.8 Å². The van der Waals surface area contributed by atoms with Crippen LogP contribution in [0.25, 0.3) is 0 Å². The van der Waals surface area contributed by atoms with Crippen LogP contribution in [0.15, 0.2) is 0 Å². The quantitative estimate of drug-likeness (QED) is 0.0256. The SMILES string of the molecule is CCCCCCCCCCCCCCCCCOC(=O)C(C)SP(SC(C)C(=O)OCCCCCCCCCCCCCCCCC)SC(C)C(=O)OCCCCCCCCCCCCCCCCC. The molecule has 6 nitrogen and oxygen atoms in total. The number of hydrogen-bond donors (Lipinski definition) is 0. The Kier molecular flexibility index (Phi) is 56.5. The van der Waals surface area contributed by atoms with E-state index < -0.39 is 21.3 Å². The molecule has 0 radical (unpaired) electrons. The molecule has 0 aromatic carbocycles. The normalized spacial score (nSPS) is 13.3.